The number of carbonyl (C=O) groups is 1. The van der Waals surface area contributed by atoms with Crippen molar-refractivity contribution in [3.05, 3.63) is 29.8 Å². The summed E-state index contributed by atoms with van der Waals surface area (Å²) in [4.78, 5) is 11.3. The minimum atomic E-state index is -4.51. The van der Waals surface area contributed by atoms with Crippen molar-refractivity contribution in [1.29, 1.82) is 0 Å². The highest BCUT2D eigenvalue weighted by Gasteiger charge is 2.48. The third-order valence-corrected chi connectivity index (χ3v) is 3.44. The average Bonchev–Trinajstić information content (AvgIpc) is 2.85. The quantitative estimate of drug-likeness (QED) is 0.820. The molecular weight excluding hydrogens is 297 g/mol. The minimum Gasteiger partial charge on any atom is -0.493 e. The van der Waals surface area contributed by atoms with E-state index in [-0.39, 0.29) is 24.3 Å². The van der Waals surface area contributed by atoms with Crippen molar-refractivity contribution in [3.8, 4) is 5.75 Å². The van der Waals surface area contributed by atoms with Gasteiger partial charge >= 0.3 is 6.18 Å². The Morgan fingerprint density at radius 1 is 1.36 bits per heavy atom. The number of hydrogen-bond donors (Lipinski definition) is 1. The first-order chi connectivity index (χ1) is 10.4. The smallest absolute Gasteiger partial charge is 0.410 e. The lowest BCUT2D eigenvalue weighted by molar-refractivity contribution is -0.191. The lowest BCUT2D eigenvalue weighted by Gasteiger charge is -2.30. The topological polar surface area (TPSA) is 41.6 Å². The van der Waals surface area contributed by atoms with Crippen LogP contribution in [-0.4, -0.2) is 30.2 Å². The molecule has 0 aliphatic carbocycles. The number of para-hydroxylation sites is 1. The lowest BCUT2D eigenvalue weighted by Crippen LogP contribution is -2.43. The van der Waals surface area contributed by atoms with Gasteiger partial charge in [0.15, 0.2) is 6.04 Å². The Hall–Kier alpha value is -1.76. The molecule has 4 nitrogen and oxygen atoms in total. The van der Waals surface area contributed by atoms with E-state index in [9.17, 15) is 18.0 Å². The Morgan fingerprint density at radius 2 is 2.09 bits per heavy atom. The van der Waals surface area contributed by atoms with Crippen LogP contribution in [0.3, 0.4) is 0 Å². The Morgan fingerprint density at radius 3 is 2.68 bits per heavy atom. The van der Waals surface area contributed by atoms with E-state index < -0.39 is 18.1 Å². The molecule has 1 unspecified atom stereocenters. The van der Waals surface area contributed by atoms with Gasteiger partial charge in [-0.15, -0.1) is 0 Å². The van der Waals surface area contributed by atoms with Crippen molar-refractivity contribution in [2.75, 3.05) is 13.2 Å². The first-order valence-electron chi connectivity index (χ1n) is 7.28. The number of alkyl halides is 3. The minimum absolute atomic E-state index is 0.0201. The van der Waals surface area contributed by atoms with Crippen LogP contribution in [0.2, 0.25) is 0 Å². The van der Waals surface area contributed by atoms with Crippen LogP contribution in [0.5, 0.6) is 5.75 Å². The van der Waals surface area contributed by atoms with E-state index in [0.717, 1.165) is 17.9 Å². The molecule has 0 bridgehead atoms. The summed E-state index contributed by atoms with van der Waals surface area (Å²) in [6.45, 7) is 2.37. The summed E-state index contributed by atoms with van der Waals surface area (Å²) in [5.41, 5.74) is 2.29. The van der Waals surface area contributed by atoms with Gasteiger partial charge in [-0.2, -0.15) is 13.2 Å². The summed E-state index contributed by atoms with van der Waals surface area (Å²) >= 11 is 0. The maximum Gasteiger partial charge on any atom is 0.410 e. The zero-order chi connectivity index (χ0) is 16.2. The second-order valence-corrected chi connectivity index (χ2v) is 5.16. The first kappa shape index (κ1) is 16.6. The van der Waals surface area contributed by atoms with Crippen LogP contribution in [0.25, 0.3) is 0 Å². The van der Waals surface area contributed by atoms with E-state index in [0.29, 0.717) is 6.61 Å². The van der Waals surface area contributed by atoms with E-state index in [1.807, 2.05) is 6.92 Å². The van der Waals surface area contributed by atoms with Gasteiger partial charge in [0.2, 0.25) is 5.91 Å². The fourth-order valence-electron chi connectivity index (χ4n) is 2.37. The number of carbonyl (C=O) groups excluding carboxylic acids is 1. The van der Waals surface area contributed by atoms with Crippen LogP contribution in [0, 0.1) is 0 Å². The maximum atomic E-state index is 13.5. The molecule has 0 spiro atoms. The van der Waals surface area contributed by atoms with Crippen LogP contribution in [-0.2, 0) is 4.79 Å². The summed E-state index contributed by atoms with van der Waals surface area (Å²) in [5.74, 6) is -0.196. The predicted octanol–water partition coefficient (Wildman–Crippen LogP) is 3.21. The third kappa shape index (κ3) is 3.91. The fraction of sp³-hybridized carbons (Fsp3) is 0.533. The molecule has 1 amide bonds. The molecule has 0 aromatic heterocycles. The summed E-state index contributed by atoms with van der Waals surface area (Å²) in [6, 6.07) is 4.20. The van der Waals surface area contributed by atoms with E-state index in [4.69, 9.17) is 4.74 Å². The molecule has 1 fully saturated rings. The molecule has 7 heteroatoms. The normalized spacial score (nSPS) is 17.4. The molecule has 1 aliphatic rings. The molecular formula is C15H19F3N2O2. The van der Waals surface area contributed by atoms with Gasteiger partial charge < -0.3 is 4.74 Å². The zero-order valence-corrected chi connectivity index (χ0v) is 12.3. The van der Waals surface area contributed by atoms with Gasteiger partial charge in [0.05, 0.1) is 6.61 Å². The fourth-order valence-corrected chi connectivity index (χ4v) is 2.37. The molecule has 1 saturated heterocycles. The highest BCUT2D eigenvalue weighted by molar-refractivity contribution is 5.77. The van der Waals surface area contributed by atoms with Gasteiger partial charge in [0, 0.05) is 18.5 Å². The molecule has 22 heavy (non-hydrogen) atoms. The predicted molar refractivity (Wildman–Crippen MR) is 75.1 cm³/mol. The number of nitrogens with zero attached hydrogens (tertiary/aromatic N) is 1. The third-order valence-electron chi connectivity index (χ3n) is 3.44. The zero-order valence-electron chi connectivity index (χ0n) is 12.3. The second-order valence-electron chi connectivity index (χ2n) is 5.16. The molecule has 0 radical (unpaired) electrons. The van der Waals surface area contributed by atoms with Gasteiger partial charge in [0.25, 0.3) is 0 Å². The van der Waals surface area contributed by atoms with Gasteiger partial charge in [-0.1, -0.05) is 31.5 Å². The number of rotatable bonds is 6. The standard InChI is InChI=1S/C15H19F3N2O2/c1-2-3-10-22-12-7-5-4-6-11(12)14(15(16,17)18)20-9-8-13(21)19-20/h4-7,14H,2-3,8-10H2,1H3,(H,19,21). The van der Waals surface area contributed by atoms with E-state index in [2.05, 4.69) is 5.43 Å². The summed E-state index contributed by atoms with van der Waals surface area (Å²) in [7, 11) is 0. The van der Waals surface area contributed by atoms with Crippen molar-refractivity contribution in [1.82, 2.24) is 10.4 Å². The van der Waals surface area contributed by atoms with Crippen LogP contribution in [0.1, 0.15) is 37.8 Å². The Kier molecular flexibility index (Phi) is 5.28. The molecule has 1 aromatic carbocycles. The average molecular weight is 316 g/mol. The highest BCUT2D eigenvalue weighted by Crippen LogP contribution is 2.41. The molecule has 0 saturated carbocycles. The second kappa shape index (κ2) is 7.00. The Balaban J connectivity index is 2.29. The monoisotopic (exact) mass is 316 g/mol. The number of nitrogens with one attached hydrogen (secondary N) is 1. The number of amides is 1. The van der Waals surface area contributed by atoms with E-state index >= 15 is 0 Å². The molecule has 2 rings (SSSR count). The Labute approximate surface area is 127 Å². The van der Waals surface area contributed by atoms with Crippen LogP contribution in [0.15, 0.2) is 24.3 Å². The van der Waals surface area contributed by atoms with Crippen LogP contribution < -0.4 is 10.2 Å². The Bertz CT molecular complexity index is 520. The largest absolute Gasteiger partial charge is 0.493 e. The van der Waals surface area contributed by atoms with Crippen molar-refractivity contribution in [3.63, 3.8) is 0 Å². The number of hydrazine groups is 1. The van der Waals surface area contributed by atoms with Gasteiger partial charge in [-0.25, -0.2) is 5.01 Å². The molecule has 1 heterocycles. The molecule has 1 atom stereocenters. The number of benzene rings is 1. The van der Waals surface area contributed by atoms with Gasteiger partial charge in [0.1, 0.15) is 5.75 Å². The molecule has 1 N–H and O–H groups in total. The van der Waals surface area contributed by atoms with Crippen molar-refractivity contribution in [2.24, 2.45) is 0 Å². The maximum absolute atomic E-state index is 13.5. The van der Waals surface area contributed by atoms with Crippen molar-refractivity contribution < 1.29 is 22.7 Å². The van der Waals surface area contributed by atoms with Crippen LogP contribution >= 0.6 is 0 Å². The number of hydrogen-bond acceptors (Lipinski definition) is 3. The summed E-state index contributed by atoms with van der Waals surface area (Å²) in [6.07, 6.45) is -2.79. The SMILES string of the molecule is CCCCOc1ccccc1C(N1CCC(=O)N1)C(F)(F)F. The highest BCUT2D eigenvalue weighted by atomic mass is 19.4. The lowest BCUT2D eigenvalue weighted by atomic mass is 10.0. The number of unbranched alkanes of at least 4 members (excludes halogenated alkanes) is 1. The summed E-state index contributed by atoms with van der Waals surface area (Å²) in [5, 5.41) is 0.935. The van der Waals surface area contributed by atoms with Crippen molar-refractivity contribution >= 4 is 5.91 Å². The number of ether oxygens (including phenoxy) is 1. The van der Waals surface area contributed by atoms with Gasteiger partial charge in [-0.3, -0.25) is 10.2 Å². The first-order valence-corrected chi connectivity index (χ1v) is 7.28. The number of halogens is 3. The molecule has 122 valence electrons. The van der Waals surface area contributed by atoms with Gasteiger partial charge in [-0.05, 0) is 12.5 Å². The molecule has 1 aromatic rings. The van der Waals surface area contributed by atoms with Crippen LogP contribution in [0.4, 0.5) is 13.2 Å². The van der Waals surface area contributed by atoms with E-state index in [1.165, 1.54) is 12.1 Å². The van der Waals surface area contributed by atoms with E-state index in [1.54, 1.807) is 12.1 Å². The van der Waals surface area contributed by atoms with Crippen molar-refractivity contribution in [2.45, 2.75) is 38.4 Å². The molecule has 1 aliphatic heterocycles. The summed E-state index contributed by atoms with van der Waals surface area (Å²) < 4.78 is 46.0.